The summed E-state index contributed by atoms with van der Waals surface area (Å²) in [7, 11) is 1.73. The van der Waals surface area contributed by atoms with Gasteiger partial charge in [0.15, 0.2) is 11.5 Å². The number of fused-ring (bicyclic) bond motifs is 1. The van der Waals surface area contributed by atoms with Crippen molar-refractivity contribution in [3.05, 3.63) is 17.7 Å². The van der Waals surface area contributed by atoms with Crippen molar-refractivity contribution < 1.29 is 14.2 Å². The molecule has 0 radical (unpaired) electrons. The number of ether oxygens (including phenoxy) is 3. The quantitative estimate of drug-likeness (QED) is 0.777. The van der Waals surface area contributed by atoms with Crippen molar-refractivity contribution in [2.24, 2.45) is 11.8 Å². The van der Waals surface area contributed by atoms with Crippen LogP contribution in [0.2, 0.25) is 0 Å². The van der Waals surface area contributed by atoms with Crippen LogP contribution in [-0.2, 0) is 6.54 Å². The Balaban J connectivity index is 1.49. The molecule has 26 heavy (non-hydrogen) atoms. The minimum atomic E-state index is 0.303. The molecule has 1 atom stereocenters. The number of rotatable bonds is 6. The molecule has 1 saturated heterocycles. The third kappa shape index (κ3) is 3.94. The fourth-order valence-corrected chi connectivity index (χ4v) is 4.29. The van der Waals surface area contributed by atoms with E-state index >= 15 is 0 Å². The summed E-state index contributed by atoms with van der Waals surface area (Å²) >= 11 is 0. The van der Waals surface area contributed by atoms with Crippen molar-refractivity contribution in [1.29, 1.82) is 0 Å². The van der Waals surface area contributed by atoms with Gasteiger partial charge in [-0.25, -0.2) is 0 Å². The smallest absolute Gasteiger partial charge is 0.231 e. The minimum absolute atomic E-state index is 0.303. The van der Waals surface area contributed by atoms with E-state index in [1.54, 1.807) is 7.11 Å². The number of hydrogen-bond donors (Lipinski definition) is 0. The van der Waals surface area contributed by atoms with Crippen LogP contribution in [0.15, 0.2) is 12.1 Å². The first-order valence-electron chi connectivity index (χ1n) is 10.1. The zero-order valence-electron chi connectivity index (χ0n) is 16.4. The third-order valence-electron chi connectivity index (χ3n) is 5.96. The molecule has 2 aliphatic heterocycles. The lowest BCUT2D eigenvalue weighted by atomic mass is 10.0. The van der Waals surface area contributed by atoms with E-state index in [1.165, 1.54) is 37.9 Å². The molecule has 1 aliphatic carbocycles. The maximum atomic E-state index is 5.63. The number of nitrogens with zero attached hydrogens (tertiary/aromatic N) is 2. The highest BCUT2D eigenvalue weighted by molar-refractivity contribution is 5.51. The highest BCUT2D eigenvalue weighted by atomic mass is 16.7. The molecule has 1 aromatic rings. The van der Waals surface area contributed by atoms with Crippen molar-refractivity contribution >= 4 is 0 Å². The molecular weight excluding hydrogens is 328 g/mol. The Labute approximate surface area is 157 Å². The van der Waals surface area contributed by atoms with Crippen LogP contribution in [0, 0.1) is 11.8 Å². The normalized spacial score (nSPS) is 24.1. The molecule has 0 bridgehead atoms. The molecule has 2 fully saturated rings. The lowest BCUT2D eigenvalue weighted by molar-refractivity contribution is 0.131. The van der Waals surface area contributed by atoms with Crippen molar-refractivity contribution in [2.45, 2.75) is 45.7 Å². The Morgan fingerprint density at radius 3 is 2.62 bits per heavy atom. The Bertz CT molecular complexity index is 630. The average Bonchev–Trinajstić information content (AvgIpc) is 3.36. The van der Waals surface area contributed by atoms with E-state index in [4.69, 9.17) is 14.2 Å². The van der Waals surface area contributed by atoms with Crippen molar-refractivity contribution in [3.63, 3.8) is 0 Å². The van der Waals surface area contributed by atoms with Gasteiger partial charge in [0.1, 0.15) is 5.75 Å². The van der Waals surface area contributed by atoms with Crippen LogP contribution in [0.25, 0.3) is 0 Å². The van der Waals surface area contributed by atoms with E-state index in [1.807, 2.05) is 6.07 Å². The second-order valence-corrected chi connectivity index (χ2v) is 8.36. The van der Waals surface area contributed by atoms with Gasteiger partial charge in [0.25, 0.3) is 0 Å². The minimum Gasteiger partial charge on any atom is -0.496 e. The monoisotopic (exact) mass is 360 g/mol. The van der Waals surface area contributed by atoms with Gasteiger partial charge in [-0.1, -0.05) is 13.8 Å². The SMILES string of the molecule is COc1cc2c(cc1CN1CCCN(CC3CC3)C(C(C)C)C1)OCO2. The predicted octanol–water partition coefficient (Wildman–Crippen LogP) is 3.37. The first kappa shape index (κ1) is 17.9. The molecule has 144 valence electrons. The highest BCUT2D eigenvalue weighted by Crippen LogP contribution is 2.39. The molecule has 1 saturated carbocycles. The van der Waals surface area contributed by atoms with E-state index in [0.717, 1.165) is 42.8 Å². The zero-order valence-corrected chi connectivity index (χ0v) is 16.4. The van der Waals surface area contributed by atoms with E-state index < -0.39 is 0 Å². The van der Waals surface area contributed by atoms with Crippen molar-refractivity contribution in [1.82, 2.24) is 9.80 Å². The molecule has 0 N–H and O–H groups in total. The van der Waals surface area contributed by atoms with Crippen LogP contribution < -0.4 is 14.2 Å². The van der Waals surface area contributed by atoms with Gasteiger partial charge in [0.05, 0.1) is 7.11 Å². The summed E-state index contributed by atoms with van der Waals surface area (Å²) in [6, 6.07) is 4.70. The second-order valence-electron chi connectivity index (χ2n) is 8.36. The first-order valence-corrected chi connectivity index (χ1v) is 10.1. The molecule has 1 aromatic carbocycles. The zero-order chi connectivity index (χ0) is 18.1. The maximum Gasteiger partial charge on any atom is 0.231 e. The second kappa shape index (κ2) is 7.65. The Hall–Kier alpha value is -1.46. The van der Waals surface area contributed by atoms with E-state index in [9.17, 15) is 0 Å². The number of benzene rings is 1. The lowest BCUT2D eigenvalue weighted by Gasteiger charge is -2.34. The Morgan fingerprint density at radius 1 is 1.15 bits per heavy atom. The fourth-order valence-electron chi connectivity index (χ4n) is 4.29. The standard InChI is InChI=1S/C21H32N2O3/c1-15(2)18-13-22(7-4-8-23(18)11-16-5-6-16)12-17-9-20-21(26-14-25-20)10-19(17)24-3/h9-10,15-16,18H,4-8,11-14H2,1-3H3. The highest BCUT2D eigenvalue weighted by Gasteiger charge is 2.32. The molecule has 0 spiro atoms. The van der Waals surface area contributed by atoms with E-state index in [2.05, 4.69) is 29.7 Å². The average molecular weight is 360 g/mol. The van der Waals surface area contributed by atoms with Crippen LogP contribution in [0.4, 0.5) is 0 Å². The van der Waals surface area contributed by atoms with Crippen molar-refractivity contribution in [2.75, 3.05) is 40.1 Å². The topological polar surface area (TPSA) is 34.2 Å². The summed E-state index contributed by atoms with van der Waals surface area (Å²) in [4.78, 5) is 5.36. The molecule has 0 aromatic heterocycles. The van der Waals surface area contributed by atoms with Gasteiger partial charge < -0.3 is 14.2 Å². The van der Waals surface area contributed by atoms with Gasteiger partial charge in [-0.2, -0.15) is 0 Å². The van der Waals surface area contributed by atoms with Gasteiger partial charge in [-0.3, -0.25) is 9.80 Å². The summed E-state index contributed by atoms with van der Waals surface area (Å²) in [5, 5.41) is 0. The molecule has 5 heteroatoms. The lowest BCUT2D eigenvalue weighted by Crippen LogP contribution is -2.45. The molecule has 0 amide bonds. The van der Waals surface area contributed by atoms with Crippen LogP contribution in [0.5, 0.6) is 17.2 Å². The van der Waals surface area contributed by atoms with Crippen molar-refractivity contribution in [3.8, 4) is 17.2 Å². The van der Waals surface area contributed by atoms with Crippen LogP contribution in [-0.4, -0.2) is 55.9 Å². The van der Waals surface area contributed by atoms with Gasteiger partial charge >= 0.3 is 0 Å². The molecule has 5 nitrogen and oxygen atoms in total. The molecular formula is C21H32N2O3. The van der Waals surface area contributed by atoms with Gasteiger partial charge in [-0.05, 0) is 50.3 Å². The molecule has 4 rings (SSSR count). The molecule has 1 unspecified atom stereocenters. The molecule has 3 aliphatic rings. The van der Waals surface area contributed by atoms with Crippen LogP contribution in [0.3, 0.4) is 0 Å². The van der Waals surface area contributed by atoms with Crippen LogP contribution >= 0.6 is 0 Å². The summed E-state index contributed by atoms with van der Waals surface area (Å²) in [5.74, 6) is 4.16. The third-order valence-corrected chi connectivity index (χ3v) is 5.96. The number of methoxy groups -OCH3 is 1. The summed E-state index contributed by atoms with van der Waals surface area (Å²) in [6.07, 6.45) is 4.10. The van der Waals surface area contributed by atoms with E-state index in [-0.39, 0.29) is 0 Å². The predicted molar refractivity (Wildman–Crippen MR) is 102 cm³/mol. The van der Waals surface area contributed by atoms with Crippen LogP contribution in [0.1, 0.15) is 38.7 Å². The summed E-state index contributed by atoms with van der Waals surface area (Å²) < 4.78 is 16.7. The van der Waals surface area contributed by atoms with Gasteiger partial charge in [0, 0.05) is 37.3 Å². The van der Waals surface area contributed by atoms with Gasteiger partial charge in [0.2, 0.25) is 6.79 Å². The Morgan fingerprint density at radius 2 is 1.92 bits per heavy atom. The number of hydrogen-bond acceptors (Lipinski definition) is 5. The fraction of sp³-hybridized carbons (Fsp3) is 0.714. The van der Waals surface area contributed by atoms with E-state index in [0.29, 0.717) is 18.8 Å². The summed E-state index contributed by atoms with van der Waals surface area (Å²) in [6.45, 7) is 10.7. The molecule has 2 heterocycles. The maximum absolute atomic E-state index is 5.63. The Kier molecular flexibility index (Phi) is 5.28. The van der Waals surface area contributed by atoms with Gasteiger partial charge in [-0.15, -0.1) is 0 Å². The summed E-state index contributed by atoms with van der Waals surface area (Å²) in [5.41, 5.74) is 1.19. The first-order chi connectivity index (χ1) is 12.6. The largest absolute Gasteiger partial charge is 0.496 e.